The Morgan fingerprint density at radius 2 is 1.93 bits per heavy atom. The molecule has 3 N–H and O–H groups in total. The van der Waals surface area contributed by atoms with Gasteiger partial charge >= 0.3 is 0 Å². The Hall–Kier alpha value is -1.08. The molecule has 1 saturated heterocycles. The molecule has 0 unspecified atom stereocenters. The minimum absolute atomic E-state index is 0.00972. The predicted octanol–water partition coefficient (Wildman–Crippen LogP) is -1.00. The summed E-state index contributed by atoms with van der Waals surface area (Å²) in [5.41, 5.74) is 3.80. The van der Waals surface area contributed by atoms with Gasteiger partial charge in [-0.1, -0.05) is 0 Å². The number of quaternary nitrogens is 1. The largest absolute Gasteiger partial charge is 0.737 e. The first-order chi connectivity index (χ1) is 7.10. The zero-order valence-corrected chi connectivity index (χ0v) is 9.30. The zero-order chi connectivity index (χ0) is 11.4. The van der Waals surface area contributed by atoms with Gasteiger partial charge in [0.1, 0.15) is 0 Å². The van der Waals surface area contributed by atoms with Gasteiger partial charge in [0.05, 0.1) is 18.6 Å². The molecular formula is C8H19N5O2. The number of hydrogen-bond donors (Lipinski definition) is 1. The van der Waals surface area contributed by atoms with E-state index >= 15 is 0 Å². The van der Waals surface area contributed by atoms with E-state index in [4.69, 9.17) is 0 Å². The maximum absolute atomic E-state index is 11.2. The van der Waals surface area contributed by atoms with Gasteiger partial charge in [-0.05, 0) is 19.1 Å². The molecule has 0 aliphatic carbocycles. The lowest BCUT2D eigenvalue weighted by atomic mass is 10.1. The van der Waals surface area contributed by atoms with Crippen molar-refractivity contribution in [3.8, 4) is 0 Å². The zero-order valence-electron chi connectivity index (χ0n) is 9.30. The summed E-state index contributed by atoms with van der Waals surface area (Å²) >= 11 is 0. The number of rotatable bonds is 3. The topological polar surface area (TPSA) is 95.6 Å². The van der Waals surface area contributed by atoms with Gasteiger partial charge in [0.2, 0.25) is 0 Å². The summed E-state index contributed by atoms with van der Waals surface area (Å²) in [6, 6.07) is 0.0194. The fourth-order valence-electron chi connectivity index (χ4n) is 2.21. The van der Waals surface area contributed by atoms with Crippen LogP contribution in [0.15, 0.2) is 5.28 Å². The summed E-state index contributed by atoms with van der Waals surface area (Å²) in [5.74, 6) is 0. The van der Waals surface area contributed by atoms with Gasteiger partial charge in [-0.25, -0.2) is 0 Å². The van der Waals surface area contributed by atoms with Crippen LogP contribution in [0.4, 0.5) is 0 Å². The Morgan fingerprint density at radius 3 is 2.33 bits per heavy atom. The van der Waals surface area contributed by atoms with E-state index in [0.717, 1.165) is 26.2 Å². The van der Waals surface area contributed by atoms with Gasteiger partial charge in [0.25, 0.3) is 0 Å². The van der Waals surface area contributed by atoms with Crippen molar-refractivity contribution >= 4 is 0 Å². The van der Waals surface area contributed by atoms with Crippen molar-refractivity contribution in [2.24, 2.45) is 5.28 Å². The molecule has 1 rings (SSSR count). The third-order valence-electron chi connectivity index (χ3n) is 2.69. The highest BCUT2D eigenvalue weighted by Crippen LogP contribution is 2.15. The molecule has 1 aliphatic rings. The number of piperazine rings is 1. The average Bonchev–Trinajstić information content (AvgIpc) is 2.16. The molecule has 7 nitrogen and oxygen atoms in total. The first kappa shape index (κ1) is 12.0. The van der Waals surface area contributed by atoms with Gasteiger partial charge < -0.3 is 16.1 Å². The Morgan fingerprint density at radius 1 is 1.40 bits per heavy atom. The summed E-state index contributed by atoms with van der Waals surface area (Å²) < 4.78 is 0. The highest BCUT2D eigenvalue weighted by Gasteiger charge is 2.34. The first-order valence-electron chi connectivity index (χ1n) is 5.20. The maximum Gasteiger partial charge on any atom is 0.0978 e. The Bertz CT molecular complexity index is 223. The summed E-state index contributed by atoms with van der Waals surface area (Å²) in [4.78, 5) is 2.41. The lowest BCUT2D eigenvalue weighted by molar-refractivity contribution is -0.708. The van der Waals surface area contributed by atoms with E-state index in [1.807, 2.05) is 13.8 Å². The van der Waals surface area contributed by atoms with Gasteiger partial charge in [0.15, 0.2) is 0 Å². The first-order valence-corrected chi connectivity index (χ1v) is 5.20. The van der Waals surface area contributed by atoms with Crippen LogP contribution in [0.1, 0.15) is 13.8 Å². The number of hydrazine groups is 1. The fraction of sp³-hybridized carbons (Fsp3) is 1.00. The molecule has 0 amide bonds. The summed E-state index contributed by atoms with van der Waals surface area (Å²) in [5, 5.41) is 25.3. The van der Waals surface area contributed by atoms with Crippen LogP contribution in [0.2, 0.25) is 0 Å². The van der Waals surface area contributed by atoms with Crippen LogP contribution < -0.4 is 5.73 Å². The van der Waals surface area contributed by atoms with Crippen molar-refractivity contribution in [2.45, 2.75) is 25.9 Å². The second-order valence-corrected chi connectivity index (χ2v) is 4.03. The molecule has 0 saturated carbocycles. The molecule has 7 heteroatoms. The average molecular weight is 217 g/mol. The molecule has 0 aromatic rings. The van der Waals surface area contributed by atoms with E-state index in [1.165, 1.54) is 5.01 Å². The van der Waals surface area contributed by atoms with Crippen LogP contribution in [-0.4, -0.2) is 53.1 Å². The predicted molar refractivity (Wildman–Crippen MR) is 54.4 cm³/mol. The molecule has 0 aromatic carbocycles. The van der Waals surface area contributed by atoms with Crippen molar-refractivity contribution in [1.29, 1.82) is 0 Å². The highest BCUT2D eigenvalue weighted by molar-refractivity contribution is 4.79. The van der Waals surface area contributed by atoms with E-state index in [-0.39, 0.29) is 17.1 Å². The highest BCUT2D eigenvalue weighted by atomic mass is 16.6. The lowest BCUT2D eigenvalue weighted by Gasteiger charge is -2.40. The molecule has 0 spiro atoms. The van der Waals surface area contributed by atoms with Crippen LogP contribution in [0.3, 0.4) is 0 Å². The molecular weight excluding hydrogens is 198 g/mol. The van der Waals surface area contributed by atoms with Crippen molar-refractivity contribution in [3.05, 3.63) is 10.4 Å². The fourth-order valence-corrected chi connectivity index (χ4v) is 2.21. The third kappa shape index (κ3) is 2.69. The van der Waals surface area contributed by atoms with Crippen LogP contribution >= 0.6 is 0 Å². The van der Waals surface area contributed by atoms with E-state index in [9.17, 15) is 10.4 Å². The van der Waals surface area contributed by atoms with Crippen LogP contribution in [0, 0.1) is 10.4 Å². The maximum atomic E-state index is 11.2. The molecule has 1 aliphatic heterocycles. The van der Waals surface area contributed by atoms with Crippen molar-refractivity contribution < 1.29 is 10.7 Å². The molecule has 15 heavy (non-hydrogen) atoms. The third-order valence-corrected chi connectivity index (χ3v) is 2.69. The van der Waals surface area contributed by atoms with Crippen LogP contribution in [-0.2, 0) is 0 Å². The molecule has 88 valence electrons. The minimum Gasteiger partial charge on any atom is -0.737 e. The second kappa shape index (κ2) is 5.13. The second-order valence-electron chi connectivity index (χ2n) is 4.03. The lowest BCUT2D eigenvalue weighted by Crippen LogP contribution is -2.62. The SMILES string of the molecule is C[C@@H]1CN(CC[NH3+])C[C@H](C)N1/[N+]([O-])=N\[O-]. The van der Waals surface area contributed by atoms with Crippen LogP contribution in [0.5, 0.6) is 0 Å². The van der Waals surface area contributed by atoms with Gasteiger partial charge in [-0.3, -0.25) is 4.90 Å². The molecule has 0 aromatic heterocycles. The molecule has 2 atom stereocenters. The summed E-state index contributed by atoms with van der Waals surface area (Å²) in [6.07, 6.45) is 0. The Kier molecular flexibility index (Phi) is 4.10. The van der Waals surface area contributed by atoms with E-state index in [2.05, 4.69) is 15.9 Å². The molecule has 0 radical (unpaired) electrons. The van der Waals surface area contributed by atoms with Gasteiger partial charge in [-0.2, -0.15) is 0 Å². The van der Waals surface area contributed by atoms with Gasteiger partial charge in [-0.15, -0.1) is 5.01 Å². The van der Waals surface area contributed by atoms with Crippen LogP contribution in [0.25, 0.3) is 0 Å². The van der Waals surface area contributed by atoms with Crippen molar-refractivity contribution in [2.75, 3.05) is 26.2 Å². The van der Waals surface area contributed by atoms with Crippen molar-refractivity contribution in [3.63, 3.8) is 0 Å². The monoisotopic (exact) mass is 217 g/mol. The Labute approximate surface area is 89.3 Å². The van der Waals surface area contributed by atoms with Crippen molar-refractivity contribution in [1.82, 2.24) is 9.91 Å². The van der Waals surface area contributed by atoms with E-state index < -0.39 is 0 Å². The normalized spacial score (nSPS) is 29.5. The summed E-state index contributed by atoms with van der Waals surface area (Å²) in [7, 11) is 0. The summed E-state index contributed by atoms with van der Waals surface area (Å²) in [6.45, 7) is 7.16. The minimum atomic E-state index is 0.00972. The van der Waals surface area contributed by atoms with Gasteiger partial charge in [0, 0.05) is 24.6 Å². The smallest absolute Gasteiger partial charge is 0.0978 e. The number of hydrogen-bond acceptors (Lipinski definition) is 4. The molecule has 0 bridgehead atoms. The quantitative estimate of drug-likeness (QED) is 0.372. The van der Waals surface area contributed by atoms with E-state index in [0.29, 0.717) is 0 Å². The molecule has 1 heterocycles. The molecule has 1 fully saturated rings. The standard InChI is InChI=1S/C8H19N5O2/c1-7-5-11(4-3-9)6-8(2)12(7)13(15)10-14/h7-8,14H,3-6,9H2,1-2H3/b13-10+/t7-,8+. The Balaban J connectivity index is 2.64. The number of nitrogens with zero attached hydrogens (tertiary/aromatic N) is 4. The van der Waals surface area contributed by atoms with E-state index in [1.54, 1.807) is 0 Å².